The fraction of sp³-hybridized carbons (Fsp3) is 0.368. The summed E-state index contributed by atoms with van der Waals surface area (Å²) in [4.78, 5) is 8.84. The maximum Gasteiger partial charge on any atom is 0.193 e. The van der Waals surface area contributed by atoms with Gasteiger partial charge in [0.2, 0.25) is 0 Å². The van der Waals surface area contributed by atoms with Gasteiger partial charge in [0.05, 0.1) is 11.6 Å². The summed E-state index contributed by atoms with van der Waals surface area (Å²) in [6.07, 6.45) is 1.83. The molecule has 24 heavy (non-hydrogen) atoms. The Hall–Kier alpha value is -2.01. The van der Waals surface area contributed by atoms with Crippen LogP contribution in [0.1, 0.15) is 37.5 Å². The van der Waals surface area contributed by atoms with Gasteiger partial charge in [-0.05, 0) is 54.8 Å². The maximum atomic E-state index is 6.01. The van der Waals surface area contributed by atoms with Crippen molar-refractivity contribution in [2.75, 3.05) is 5.32 Å². The zero-order valence-electron chi connectivity index (χ0n) is 15.1. The molecule has 0 spiro atoms. The lowest BCUT2D eigenvalue weighted by Gasteiger charge is -2.16. The Labute approximate surface area is 149 Å². The number of guanidine groups is 1. The van der Waals surface area contributed by atoms with Crippen molar-refractivity contribution in [3.63, 3.8) is 0 Å². The molecule has 4 nitrogen and oxygen atoms in total. The van der Waals surface area contributed by atoms with E-state index in [9.17, 15) is 0 Å². The van der Waals surface area contributed by atoms with Gasteiger partial charge in [0.25, 0.3) is 0 Å². The molecule has 0 fully saturated rings. The molecule has 0 aliphatic carbocycles. The first kappa shape index (κ1) is 18.3. The van der Waals surface area contributed by atoms with E-state index in [-0.39, 0.29) is 4.75 Å². The van der Waals surface area contributed by atoms with E-state index in [2.05, 4.69) is 74.2 Å². The van der Waals surface area contributed by atoms with Crippen LogP contribution in [0.5, 0.6) is 0 Å². The number of aryl methyl sites for hydroxylation is 2. The molecule has 3 N–H and O–H groups in total. The second-order valence-corrected chi connectivity index (χ2v) is 8.77. The molecule has 128 valence electrons. The second-order valence-electron chi connectivity index (χ2n) is 6.92. The Morgan fingerprint density at radius 1 is 1.17 bits per heavy atom. The molecule has 0 aliphatic heterocycles. The summed E-state index contributed by atoms with van der Waals surface area (Å²) < 4.78 is 0.137. The molecule has 1 aromatic carbocycles. The van der Waals surface area contributed by atoms with Gasteiger partial charge in [-0.2, -0.15) is 0 Å². The van der Waals surface area contributed by atoms with Crippen LogP contribution in [0.2, 0.25) is 0 Å². The van der Waals surface area contributed by atoms with Gasteiger partial charge in [-0.3, -0.25) is 0 Å². The summed E-state index contributed by atoms with van der Waals surface area (Å²) in [5.41, 5.74) is 10.5. The van der Waals surface area contributed by atoms with Crippen LogP contribution in [0, 0.1) is 13.8 Å². The average molecular weight is 343 g/mol. The fourth-order valence-corrected chi connectivity index (χ4v) is 3.28. The number of anilines is 1. The fourth-order valence-electron chi connectivity index (χ4n) is 2.33. The lowest BCUT2D eigenvalue weighted by molar-refractivity contribution is 0.798. The number of aromatic nitrogens is 1. The first-order chi connectivity index (χ1) is 11.2. The van der Waals surface area contributed by atoms with Gasteiger partial charge in [0.15, 0.2) is 5.96 Å². The molecule has 1 aromatic heterocycles. The van der Waals surface area contributed by atoms with Crippen molar-refractivity contribution in [3.05, 3.63) is 53.2 Å². The zero-order valence-corrected chi connectivity index (χ0v) is 15.9. The van der Waals surface area contributed by atoms with Crippen LogP contribution in [0.15, 0.2) is 46.5 Å². The number of nitrogens with zero attached hydrogens (tertiary/aromatic N) is 2. The van der Waals surface area contributed by atoms with Gasteiger partial charge >= 0.3 is 0 Å². The van der Waals surface area contributed by atoms with Gasteiger partial charge in [-0.25, -0.2) is 9.98 Å². The van der Waals surface area contributed by atoms with Crippen molar-refractivity contribution in [2.24, 2.45) is 10.7 Å². The summed E-state index contributed by atoms with van der Waals surface area (Å²) in [6, 6.07) is 10.3. The largest absolute Gasteiger partial charge is 0.370 e. The molecule has 0 aliphatic rings. The third kappa shape index (κ3) is 6.24. The normalized spacial score (nSPS) is 12.3. The Morgan fingerprint density at radius 3 is 2.46 bits per heavy atom. The number of aliphatic imine (C=N–C) groups is 1. The van der Waals surface area contributed by atoms with E-state index in [1.54, 1.807) is 11.8 Å². The van der Waals surface area contributed by atoms with E-state index in [0.29, 0.717) is 12.5 Å². The highest BCUT2D eigenvalue weighted by molar-refractivity contribution is 8.00. The number of nitrogens with one attached hydrogen (secondary N) is 1. The highest BCUT2D eigenvalue weighted by atomic mass is 32.2. The highest BCUT2D eigenvalue weighted by Gasteiger charge is 2.13. The van der Waals surface area contributed by atoms with Crippen molar-refractivity contribution in [3.8, 4) is 0 Å². The standard InChI is InChI=1S/C19H26N4S/c1-13-8-14(2)10-16(9-13)23-18(20)22-12-15-6-7-21-17(11-15)24-19(3,4)5/h6-11H,12H2,1-5H3,(H3,20,22,23). The number of rotatable bonds is 4. The first-order valence-corrected chi connectivity index (χ1v) is 8.82. The number of nitrogens with two attached hydrogens (primary N) is 1. The predicted octanol–water partition coefficient (Wildman–Crippen LogP) is 4.52. The monoisotopic (exact) mass is 342 g/mol. The Balaban J connectivity index is 2.03. The molecule has 1 heterocycles. The first-order valence-electron chi connectivity index (χ1n) is 8.00. The SMILES string of the molecule is Cc1cc(C)cc(NC(N)=NCc2ccnc(SC(C)(C)C)c2)c1. The molecular formula is C19H26N4S. The van der Waals surface area contributed by atoms with E-state index >= 15 is 0 Å². The lowest BCUT2D eigenvalue weighted by Crippen LogP contribution is -2.22. The molecule has 0 saturated heterocycles. The van der Waals surface area contributed by atoms with Crippen LogP contribution >= 0.6 is 11.8 Å². The Kier molecular flexibility index (Phi) is 5.89. The van der Waals surface area contributed by atoms with Crippen LogP contribution < -0.4 is 11.1 Å². The second kappa shape index (κ2) is 7.71. The number of hydrogen-bond donors (Lipinski definition) is 2. The molecule has 0 saturated carbocycles. The van der Waals surface area contributed by atoms with E-state index < -0.39 is 0 Å². The molecular weight excluding hydrogens is 316 g/mol. The third-order valence-corrected chi connectivity index (χ3v) is 4.18. The molecule has 2 aromatic rings. The summed E-state index contributed by atoms with van der Waals surface area (Å²) in [5, 5.41) is 4.16. The molecule has 0 atom stereocenters. The van der Waals surface area contributed by atoms with Gasteiger partial charge in [-0.15, -0.1) is 11.8 Å². The molecule has 0 amide bonds. The maximum absolute atomic E-state index is 6.01. The number of benzene rings is 1. The molecule has 0 bridgehead atoms. The minimum Gasteiger partial charge on any atom is -0.370 e. The van der Waals surface area contributed by atoms with Crippen LogP contribution in [0.25, 0.3) is 0 Å². The van der Waals surface area contributed by atoms with Crippen molar-refractivity contribution in [2.45, 2.75) is 50.9 Å². The van der Waals surface area contributed by atoms with Gasteiger partial charge < -0.3 is 11.1 Å². The summed E-state index contributed by atoms with van der Waals surface area (Å²) in [5.74, 6) is 0.418. The van der Waals surface area contributed by atoms with Crippen molar-refractivity contribution >= 4 is 23.4 Å². The van der Waals surface area contributed by atoms with Crippen LogP contribution in [0.4, 0.5) is 5.69 Å². The van der Waals surface area contributed by atoms with Crippen LogP contribution in [0.3, 0.4) is 0 Å². The topological polar surface area (TPSA) is 63.3 Å². The van der Waals surface area contributed by atoms with Crippen LogP contribution in [-0.2, 0) is 6.54 Å². The van der Waals surface area contributed by atoms with E-state index in [1.165, 1.54) is 11.1 Å². The molecule has 5 heteroatoms. The highest BCUT2D eigenvalue weighted by Crippen LogP contribution is 2.30. The minimum absolute atomic E-state index is 0.137. The van der Waals surface area contributed by atoms with Gasteiger partial charge in [-0.1, -0.05) is 26.8 Å². The Bertz CT molecular complexity index is 712. The van der Waals surface area contributed by atoms with E-state index in [4.69, 9.17) is 5.73 Å². The summed E-state index contributed by atoms with van der Waals surface area (Å²) in [6.45, 7) is 11.2. The zero-order chi connectivity index (χ0) is 17.7. The predicted molar refractivity (Wildman–Crippen MR) is 105 cm³/mol. The van der Waals surface area contributed by atoms with Crippen molar-refractivity contribution in [1.82, 2.24) is 4.98 Å². The summed E-state index contributed by atoms with van der Waals surface area (Å²) >= 11 is 1.75. The van der Waals surface area contributed by atoms with E-state index in [0.717, 1.165) is 16.3 Å². The van der Waals surface area contributed by atoms with Gasteiger partial charge in [0, 0.05) is 16.6 Å². The van der Waals surface area contributed by atoms with Gasteiger partial charge in [0.1, 0.15) is 0 Å². The molecule has 0 unspecified atom stereocenters. The summed E-state index contributed by atoms with van der Waals surface area (Å²) in [7, 11) is 0. The van der Waals surface area contributed by atoms with Crippen LogP contribution in [-0.4, -0.2) is 15.7 Å². The number of hydrogen-bond acceptors (Lipinski definition) is 3. The molecule has 2 rings (SSSR count). The third-order valence-electron chi connectivity index (χ3n) is 3.14. The van der Waals surface area contributed by atoms with E-state index in [1.807, 2.05) is 12.3 Å². The van der Waals surface area contributed by atoms with Crippen molar-refractivity contribution in [1.29, 1.82) is 0 Å². The Morgan fingerprint density at radius 2 is 1.83 bits per heavy atom. The van der Waals surface area contributed by atoms with Crippen molar-refractivity contribution < 1.29 is 0 Å². The number of pyridine rings is 1. The molecule has 0 radical (unpaired) electrons. The average Bonchev–Trinajstić information content (AvgIpc) is 2.42. The number of thioether (sulfide) groups is 1. The minimum atomic E-state index is 0.137. The quantitative estimate of drug-likeness (QED) is 0.487. The lowest BCUT2D eigenvalue weighted by atomic mass is 10.1. The smallest absolute Gasteiger partial charge is 0.193 e.